The molecule has 1 atom stereocenters. The van der Waals surface area contributed by atoms with E-state index >= 15 is 0 Å². The van der Waals surface area contributed by atoms with E-state index < -0.39 is 12.0 Å². The SMILES string of the molecule is COc1ccc2cc(C(N)/C=C/C(=O)O)ccc2c1. The third-order valence-corrected chi connectivity index (χ3v) is 2.90. The number of methoxy groups -OCH3 is 1. The zero-order valence-corrected chi connectivity index (χ0v) is 10.5. The van der Waals surface area contributed by atoms with Crippen molar-refractivity contribution in [1.82, 2.24) is 0 Å². The first-order valence-corrected chi connectivity index (χ1v) is 5.84. The van der Waals surface area contributed by atoms with E-state index in [1.165, 1.54) is 6.08 Å². The molecule has 0 spiro atoms. The fraction of sp³-hybridized carbons (Fsp3) is 0.133. The summed E-state index contributed by atoms with van der Waals surface area (Å²) in [5.41, 5.74) is 6.79. The highest BCUT2D eigenvalue weighted by molar-refractivity contribution is 5.85. The minimum atomic E-state index is -0.999. The first kappa shape index (κ1) is 13.1. The minimum Gasteiger partial charge on any atom is -0.497 e. The molecule has 0 amide bonds. The fourth-order valence-electron chi connectivity index (χ4n) is 1.87. The number of aliphatic carboxylic acids is 1. The van der Waals surface area contributed by atoms with E-state index in [1.807, 2.05) is 36.4 Å². The zero-order valence-electron chi connectivity index (χ0n) is 10.5. The van der Waals surface area contributed by atoms with Gasteiger partial charge in [0.15, 0.2) is 0 Å². The van der Waals surface area contributed by atoms with Crippen LogP contribution in [0.5, 0.6) is 5.75 Å². The Morgan fingerprint density at radius 1 is 1.26 bits per heavy atom. The van der Waals surface area contributed by atoms with Crippen molar-refractivity contribution in [3.63, 3.8) is 0 Å². The van der Waals surface area contributed by atoms with Gasteiger partial charge in [-0.05, 0) is 34.5 Å². The number of fused-ring (bicyclic) bond motifs is 1. The predicted octanol–water partition coefficient (Wildman–Crippen LogP) is 2.49. The zero-order chi connectivity index (χ0) is 13.8. The van der Waals surface area contributed by atoms with Crippen LogP contribution in [0, 0.1) is 0 Å². The van der Waals surface area contributed by atoms with Crippen molar-refractivity contribution < 1.29 is 14.6 Å². The van der Waals surface area contributed by atoms with Gasteiger partial charge in [-0.1, -0.05) is 24.3 Å². The monoisotopic (exact) mass is 257 g/mol. The normalized spacial score (nSPS) is 12.7. The van der Waals surface area contributed by atoms with Crippen LogP contribution in [0.4, 0.5) is 0 Å². The Labute approximate surface area is 111 Å². The van der Waals surface area contributed by atoms with Gasteiger partial charge in [0, 0.05) is 12.1 Å². The van der Waals surface area contributed by atoms with Crippen molar-refractivity contribution in [3.8, 4) is 5.75 Å². The molecular weight excluding hydrogens is 242 g/mol. The number of nitrogens with two attached hydrogens (primary N) is 1. The molecule has 0 fully saturated rings. The summed E-state index contributed by atoms with van der Waals surface area (Å²) in [5, 5.41) is 10.7. The van der Waals surface area contributed by atoms with Crippen LogP contribution in [0.25, 0.3) is 10.8 Å². The third kappa shape index (κ3) is 3.11. The molecule has 0 saturated carbocycles. The summed E-state index contributed by atoms with van der Waals surface area (Å²) >= 11 is 0. The average molecular weight is 257 g/mol. The van der Waals surface area contributed by atoms with Crippen molar-refractivity contribution in [2.45, 2.75) is 6.04 Å². The van der Waals surface area contributed by atoms with Crippen molar-refractivity contribution in [2.24, 2.45) is 5.73 Å². The Hall–Kier alpha value is -2.33. The van der Waals surface area contributed by atoms with Gasteiger partial charge >= 0.3 is 5.97 Å². The molecule has 0 heterocycles. The van der Waals surface area contributed by atoms with E-state index in [1.54, 1.807) is 7.11 Å². The van der Waals surface area contributed by atoms with Gasteiger partial charge in [-0.2, -0.15) is 0 Å². The van der Waals surface area contributed by atoms with Crippen LogP contribution in [0.3, 0.4) is 0 Å². The Morgan fingerprint density at radius 2 is 1.95 bits per heavy atom. The highest BCUT2D eigenvalue weighted by atomic mass is 16.5. The highest BCUT2D eigenvalue weighted by Crippen LogP contribution is 2.24. The van der Waals surface area contributed by atoms with Gasteiger partial charge in [-0.3, -0.25) is 0 Å². The first-order chi connectivity index (χ1) is 9.10. The molecule has 0 saturated heterocycles. The van der Waals surface area contributed by atoms with E-state index in [2.05, 4.69) is 0 Å². The van der Waals surface area contributed by atoms with Crippen LogP contribution in [-0.4, -0.2) is 18.2 Å². The maximum Gasteiger partial charge on any atom is 0.328 e. The molecule has 2 aromatic rings. The molecule has 4 heteroatoms. The molecule has 0 aromatic heterocycles. The summed E-state index contributed by atoms with van der Waals surface area (Å²) < 4.78 is 5.16. The molecule has 3 N–H and O–H groups in total. The summed E-state index contributed by atoms with van der Waals surface area (Å²) in [6.45, 7) is 0. The quantitative estimate of drug-likeness (QED) is 0.825. The highest BCUT2D eigenvalue weighted by Gasteiger charge is 2.04. The maximum atomic E-state index is 10.5. The smallest absolute Gasteiger partial charge is 0.328 e. The second-order valence-corrected chi connectivity index (χ2v) is 4.20. The van der Waals surface area contributed by atoms with Crippen LogP contribution in [-0.2, 0) is 4.79 Å². The van der Waals surface area contributed by atoms with Crippen LogP contribution < -0.4 is 10.5 Å². The topological polar surface area (TPSA) is 72.5 Å². The molecule has 2 rings (SSSR count). The van der Waals surface area contributed by atoms with Crippen LogP contribution >= 0.6 is 0 Å². The van der Waals surface area contributed by atoms with E-state index in [4.69, 9.17) is 15.6 Å². The Morgan fingerprint density at radius 3 is 2.63 bits per heavy atom. The van der Waals surface area contributed by atoms with Crippen molar-refractivity contribution >= 4 is 16.7 Å². The van der Waals surface area contributed by atoms with E-state index in [0.29, 0.717) is 0 Å². The van der Waals surface area contributed by atoms with Gasteiger partial charge in [0.1, 0.15) is 5.75 Å². The molecule has 98 valence electrons. The van der Waals surface area contributed by atoms with E-state index in [0.717, 1.165) is 28.2 Å². The van der Waals surface area contributed by atoms with Crippen molar-refractivity contribution in [1.29, 1.82) is 0 Å². The van der Waals surface area contributed by atoms with Crippen molar-refractivity contribution in [3.05, 3.63) is 54.1 Å². The number of carboxylic acids is 1. The average Bonchev–Trinajstić information content (AvgIpc) is 2.43. The third-order valence-electron chi connectivity index (χ3n) is 2.90. The molecule has 4 nitrogen and oxygen atoms in total. The maximum absolute atomic E-state index is 10.5. The van der Waals surface area contributed by atoms with Crippen molar-refractivity contribution in [2.75, 3.05) is 7.11 Å². The molecule has 0 aliphatic heterocycles. The molecule has 0 bridgehead atoms. The number of carboxylic acid groups (broad SMARTS) is 1. The predicted molar refractivity (Wildman–Crippen MR) is 74.2 cm³/mol. The van der Waals surface area contributed by atoms with Crippen LogP contribution in [0.2, 0.25) is 0 Å². The lowest BCUT2D eigenvalue weighted by molar-refractivity contribution is -0.131. The summed E-state index contributed by atoms with van der Waals surface area (Å²) in [4.78, 5) is 10.5. The van der Waals surface area contributed by atoms with Gasteiger partial charge < -0.3 is 15.6 Å². The molecular formula is C15H15NO3. The molecule has 1 unspecified atom stereocenters. The van der Waals surface area contributed by atoms with Gasteiger partial charge in [0.2, 0.25) is 0 Å². The van der Waals surface area contributed by atoms with Gasteiger partial charge in [-0.15, -0.1) is 0 Å². The summed E-state index contributed by atoms with van der Waals surface area (Å²) in [6, 6.07) is 11.1. The summed E-state index contributed by atoms with van der Waals surface area (Å²) in [6.07, 6.45) is 2.52. The number of rotatable bonds is 4. The number of ether oxygens (including phenoxy) is 1. The fourth-order valence-corrected chi connectivity index (χ4v) is 1.87. The van der Waals surface area contributed by atoms with Gasteiger partial charge in [0.05, 0.1) is 7.11 Å². The summed E-state index contributed by atoms with van der Waals surface area (Å²) in [7, 11) is 1.63. The molecule has 2 aromatic carbocycles. The standard InChI is InChI=1S/C15H15NO3/c1-19-13-5-4-10-8-12(3-2-11(10)9-13)14(16)6-7-15(17)18/h2-9,14H,16H2,1H3,(H,17,18)/b7-6+. The van der Waals surface area contributed by atoms with Gasteiger partial charge in [0.25, 0.3) is 0 Å². The van der Waals surface area contributed by atoms with Gasteiger partial charge in [-0.25, -0.2) is 4.79 Å². The van der Waals surface area contributed by atoms with E-state index in [9.17, 15) is 4.79 Å². The number of hydrogen-bond acceptors (Lipinski definition) is 3. The number of carbonyl (C=O) groups is 1. The number of benzene rings is 2. The lowest BCUT2D eigenvalue weighted by atomic mass is 10.0. The van der Waals surface area contributed by atoms with Crippen LogP contribution in [0.15, 0.2) is 48.6 Å². The first-order valence-electron chi connectivity index (χ1n) is 5.84. The molecule has 0 aliphatic carbocycles. The molecule has 19 heavy (non-hydrogen) atoms. The molecule has 0 radical (unpaired) electrons. The lowest BCUT2D eigenvalue weighted by Gasteiger charge is -2.09. The Balaban J connectivity index is 2.33. The van der Waals surface area contributed by atoms with Crippen LogP contribution in [0.1, 0.15) is 11.6 Å². The number of hydrogen-bond donors (Lipinski definition) is 2. The van der Waals surface area contributed by atoms with E-state index in [-0.39, 0.29) is 0 Å². The summed E-state index contributed by atoms with van der Waals surface area (Å²) in [5.74, 6) is -0.198. The lowest BCUT2D eigenvalue weighted by Crippen LogP contribution is -2.07. The Kier molecular flexibility index (Phi) is 3.82. The largest absolute Gasteiger partial charge is 0.497 e. The minimum absolute atomic E-state index is 0.428. The second kappa shape index (κ2) is 5.54. The molecule has 0 aliphatic rings. The Bertz CT molecular complexity index is 634. The second-order valence-electron chi connectivity index (χ2n) is 4.20.